The Bertz CT molecular complexity index is 898. The van der Waals surface area contributed by atoms with E-state index in [1.807, 2.05) is 65.8 Å². The lowest BCUT2D eigenvalue weighted by Crippen LogP contribution is -2.50. The number of hydrogen-bond acceptors (Lipinski definition) is 5. The van der Waals surface area contributed by atoms with E-state index in [0.717, 1.165) is 16.9 Å². The largest absolute Gasteiger partial charge is 0.497 e. The third-order valence-corrected chi connectivity index (χ3v) is 5.24. The minimum absolute atomic E-state index is 0.0136. The molecule has 2 amide bonds. The molecule has 150 valence electrons. The van der Waals surface area contributed by atoms with E-state index in [1.165, 1.54) is 4.90 Å². The van der Waals surface area contributed by atoms with Gasteiger partial charge in [-0.3, -0.25) is 9.59 Å². The number of nitrogens with one attached hydrogen (secondary N) is 2. The summed E-state index contributed by atoms with van der Waals surface area (Å²) in [5.41, 5.74) is 5.47. The monoisotopic (exact) mass is 392 g/mol. The molecule has 2 aromatic rings. The van der Waals surface area contributed by atoms with Crippen LogP contribution in [0.4, 0.5) is 0 Å². The van der Waals surface area contributed by atoms with Crippen molar-refractivity contribution >= 4 is 11.8 Å². The molecular weight excluding hydrogens is 368 g/mol. The molecule has 2 N–H and O–H groups in total. The SMILES string of the molecule is COc1ccc(C2CC3C(=O)N(CC(=O)NCc4ccccc4)C=CN3N2)cc1. The molecule has 2 aliphatic rings. The third kappa shape index (κ3) is 4.25. The van der Waals surface area contributed by atoms with Gasteiger partial charge in [0, 0.05) is 18.9 Å². The number of rotatable bonds is 6. The number of methoxy groups -OCH3 is 1. The van der Waals surface area contributed by atoms with Gasteiger partial charge in [0.2, 0.25) is 5.91 Å². The molecule has 1 fully saturated rings. The standard InChI is InChI=1S/C22H24N4O3/c1-29-18-9-7-17(8-10-18)19-13-20-22(28)25(11-12-26(20)24-19)15-21(27)23-14-16-5-3-2-4-6-16/h2-12,19-20,24H,13-15H2,1H3,(H,23,27). The third-order valence-electron chi connectivity index (χ3n) is 5.24. The summed E-state index contributed by atoms with van der Waals surface area (Å²) in [5.74, 6) is 0.539. The van der Waals surface area contributed by atoms with Crippen molar-refractivity contribution in [2.24, 2.45) is 0 Å². The van der Waals surface area contributed by atoms with Gasteiger partial charge in [-0.1, -0.05) is 42.5 Å². The molecule has 7 nitrogen and oxygen atoms in total. The Hall–Kier alpha value is -3.32. The van der Waals surface area contributed by atoms with Gasteiger partial charge in [-0.25, -0.2) is 5.43 Å². The number of benzene rings is 2. The number of amides is 2. The summed E-state index contributed by atoms with van der Waals surface area (Å²) < 4.78 is 5.20. The first-order chi connectivity index (χ1) is 14.1. The van der Waals surface area contributed by atoms with Crippen LogP contribution in [0.5, 0.6) is 5.75 Å². The van der Waals surface area contributed by atoms with E-state index in [1.54, 1.807) is 13.3 Å². The van der Waals surface area contributed by atoms with E-state index >= 15 is 0 Å². The maximum atomic E-state index is 12.9. The van der Waals surface area contributed by atoms with Crippen molar-refractivity contribution in [1.82, 2.24) is 20.7 Å². The summed E-state index contributed by atoms with van der Waals surface area (Å²) in [7, 11) is 1.64. The lowest BCUT2D eigenvalue weighted by Gasteiger charge is -2.31. The van der Waals surface area contributed by atoms with Crippen molar-refractivity contribution in [2.45, 2.75) is 25.0 Å². The van der Waals surface area contributed by atoms with E-state index in [9.17, 15) is 9.59 Å². The highest BCUT2D eigenvalue weighted by atomic mass is 16.5. The first-order valence-corrected chi connectivity index (χ1v) is 9.62. The Morgan fingerprint density at radius 3 is 2.62 bits per heavy atom. The minimum atomic E-state index is -0.325. The summed E-state index contributed by atoms with van der Waals surface area (Å²) in [6.45, 7) is 0.460. The lowest BCUT2D eigenvalue weighted by molar-refractivity contribution is -0.138. The topological polar surface area (TPSA) is 73.9 Å². The zero-order valence-corrected chi connectivity index (χ0v) is 16.2. The normalized spacial score (nSPS) is 20.5. The van der Waals surface area contributed by atoms with Crippen LogP contribution in [0.2, 0.25) is 0 Å². The van der Waals surface area contributed by atoms with Crippen LogP contribution in [0, 0.1) is 0 Å². The van der Waals surface area contributed by atoms with Crippen molar-refractivity contribution in [2.75, 3.05) is 13.7 Å². The molecule has 2 atom stereocenters. The van der Waals surface area contributed by atoms with Crippen LogP contribution in [0.3, 0.4) is 0 Å². The van der Waals surface area contributed by atoms with Gasteiger partial charge in [0.25, 0.3) is 5.91 Å². The molecule has 1 saturated heterocycles. The zero-order chi connectivity index (χ0) is 20.2. The first-order valence-electron chi connectivity index (χ1n) is 9.62. The highest BCUT2D eigenvalue weighted by Crippen LogP contribution is 2.31. The van der Waals surface area contributed by atoms with Crippen LogP contribution < -0.4 is 15.5 Å². The zero-order valence-electron chi connectivity index (χ0n) is 16.2. The summed E-state index contributed by atoms with van der Waals surface area (Å²) in [5, 5.41) is 4.69. The molecule has 0 aromatic heterocycles. The van der Waals surface area contributed by atoms with Gasteiger partial charge >= 0.3 is 0 Å². The van der Waals surface area contributed by atoms with Gasteiger partial charge < -0.3 is 20.0 Å². The maximum Gasteiger partial charge on any atom is 0.251 e. The number of nitrogens with zero attached hydrogens (tertiary/aromatic N) is 2. The number of carbonyl (C=O) groups is 2. The van der Waals surface area contributed by atoms with Crippen molar-refractivity contribution < 1.29 is 14.3 Å². The van der Waals surface area contributed by atoms with E-state index in [-0.39, 0.29) is 30.4 Å². The van der Waals surface area contributed by atoms with Crippen LogP contribution in [0.1, 0.15) is 23.6 Å². The molecule has 7 heteroatoms. The van der Waals surface area contributed by atoms with Crippen molar-refractivity contribution in [3.8, 4) is 5.75 Å². The molecule has 29 heavy (non-hydrogen) atoms. The second-order valence-electron chi connectivity index (χ2n) is 7.14. The van der Waals surface area contributed by atoms with Gasteiger partial charge in [0.05, 0.1) is 13.2 Å². The van der Waals surface area contributed by atoms with Gasteiger partial charge in [0.15, 0.2) is 0 Å². The minimum Gasteiger partial charge on any atom is -0.497 e. The van der Waals surface area contributed by atoms with E-state index in [2.05, 4.69) is 10.7 Å². The molecule has 0 aliphatic carbocycles. The first kappa shape index (κ1) is 19.0. The predicted molar refractivity (Wildman–Crippen MR) is 108 cm³/mol. The molecule has 0 radical (unpaired) electrons. The Morgan fingerprint density at radius 2 is 1.90 bits per heavy atom. The molecule has 2 aromatic carbocycles. The van der Waals surface area contributed by atoms with Gasteiger partial charge in [-0.05, 0) is 29.7 Å². The number of hydrazine groups is 1. The van der Waals surface area contributed by atoms with Gasteiger partial charge in [0.1, 0.15) is 18.3 Å². The van der Waals surface area contributed by atoms with Gasteiger partial charge in [-0.15, -0.1) is 0 Å². The smallest absolute Gasteiger partial charge is 0.251 e. The molecule has 0 spiro atoms. The molecule has 0 saturated carbocycles. The Labute approximate surface area is 169 Å². The quantitative estimate of drug-likeness (QED) is 0.786. The molecule has 2 aliphatic heterocycles. The summed E-state index contributed by atoms with van der Waals surface area (Å²) in [6.07, 6.45) is 4.11. The van der Waals surface area contributed by atoms with Crippen LogP contribution in [-0.4, -0.2) is 41.4 Å². The number of ether oxygens (including phenoxy) is 1. The second kappa shape index (κ2) is 8.36. The van der Waals surface area contributed by atoms with Crippen LogP contribution in [0.15, 0.2) is 67.0 Å². The Balaban J connectivity index is 1.34. The fourth-order valence-electron chi connectivity index (χ4n) is 3.63. The number of hydrogen-bond donors (Lipinski definition) is 2. The van der Waals surface area contributed by atoms with Crippen molar-refractivity contribution in [1.29, 1.82) is 0 Å². The van der Waals surface area contributed by atoms with Crippen molar-refractivity contribution in [3.05, 3.63) is 78.1 Å². The summed E-state index contributed by atoms with van der Waals surface area (Å²) in [4.78, 5) is 26.7. The average molecular weight is 392 g/mol. The molecular formula is C22H24N4O3. The lowest BCUT2D eigenvalue weighted by atomic mass is 10.0. The van der Waals surface area contributed by atoms with Gasteiger partial charge in [-0.2, -0.15) is 0 Å². The van der Waals surface area contributed by atoms with Crippen LogP contribution in [-0.2, 0) is 16.1 Å². The molecule has 2 heterocycles. The average Bonchev–Trinajstić information content (AvgIpc) is 3.20. The van der Waals surface area contributed by atoms with E-state index in [0.29, 0.717) is 13.0 Å². The molecule has 4 rings (SSSR count). The predicted octanol–water partition coefficient (Wildman–Crippen LogP) is 1.94. The van der Waals surface area contributed by atoms with Crippen molar-refractivity contribution in [3.63, 3.8) is 0 Å². The van der Waals surface area contributed by atoms with E-state index in [4.69, 9.17) is 4.74 Å². The van der Waals surface area contributed by atoms with Crippen LogP contribution >= 0.6 is 0 Å². The fraction of sp³-hybridized carbons (Fsp3) is 0.273. The highest BCUT2D eigenvalue weighted by molar-refractivity contribution is 5.89. The number of fused-ring (bicyclic) bond motifs is 1. The summed E-state index contributed by atoms with van der Waals surface area (Å²) >= 11 is 0. The highest BCUT2D eigenvalue weighted by Gasteiger charge is 2.40. The maximum absolute atomic E-state index is 12.9. The van der Waals surface area contributed by atoms with Crippen LogP contribution in [0.25, 0.3) is 0 Å². The number of carbonyl (C=O) groups excluding carboxylic acids is 2. The Morgan fingerprint density at radius 1 is 1.14 bits per heavy atom. The second-order valence-corrected chi connectivity index (χ2v) is 7.14. The Kier molecular flexibility index (Phi) is 5.48. The molecule has 0 bridgehead atoms. The molecule has 2 unspecified atom stereocenters. The van der Waals surface area contributed by atoms with E-state index < -0.39 is 0 Å². The summed E-state index contributed by atoms with van der Waals surface area (Å²) in [6, 6.07) is 17.2. The fourth-order valence-corrected chi connectivity index (χ4v) is 3.63.